The molecular formula is C12H15ClO4S2. The smallest absolute Gasteiger partial charge is 0.337 e. The number of sulfone groups is 1. The van der Waals surface area contributed by atoms with Crippen molar-refractivity contribution < 1.29 is 18.3 Å². The second-order valence-corrected chi connectivity index (χ2v) is 9.25. The minimum Gasteiger partial charge on any atom is -0.478 e. The van der Waals surface area contributed by atoms with Gasteiger partial charge in [0.05, 0.1) is 15.5 Å². The minimum atomic E-state index is -3.47. The van der Waals surface area contributed by atoms with E-state index in [1.54, 1.807) is 0 Å². The van der Waals surface area contributed by atoms with E-state index in [4.69, 9.17) is 16.7 Å². The highest BCUT2D eigenvalue weighted by atomic mass is 35.5. The molecule has 0 unspecified atom stereocenters. The van der Waals surface area contributed by atoms with Crippen molar-refractivity contribution in [2.75, 3.05) is 6.26 Å². The summed E-state index contributed by atoms with van der Waals surface area (Å²) in [7, 11) is -3.47. The van der Waals surface area contributed by atoms with E-state index < -0.39 is 15.8 Å². The second-order valence-electron chi connectivity index (χ2n) is 5.05. The Hall–Kier alpha value is -0.720. The average Bonchev–Trinajstić information content (AvgIpc) is 2.16. The van der Waals surface area contributed by atoms with Gasteiger partial charge in [-0.2, -0.15) is 0 Å². The van der Waals surface area contributed by atoms with E-state index in [0.29, 0.717) is 0 Å². The van der Waals surface area contributed by atoms with Gasteiger partial charge in [0.1, 0.15) is 0 Å². The lowest BCUT2D eigenvalue weighted by atomic mass is 10.2. The standard InChI is InChI=1S/C12H15ClO4S2/c1-12(2,3)18-10-8(19(4,16)17)6-5-7(9(10)13)11(14)15/h5-6H,1-4H3,(H,14,15). The maximum Gasteiger partial charge on any atom is 0.337 e. The lowest BCUT2D eigenvalue weighted by Crippen LogP contribution is -2.11. The molecule has 0 aromatic heterocycles. The molecule has 0 aliphatic rings. The largest absolute Gasteiger partial charge is 0.478 e. The summed E-state index contributed by atoms with van der Waals surface area (Å²) >= 11 is 7.29. The van der Waals surface area contributed by atoms with Crippen LogP contribution in [-0.4, -0.2) is 30.5 Å². The normalized spacial score (nSPS) is 12.5. The molecule has 0 aliphatic carbocycles. The van der Waals surface area contributed by atoms with E-state index in [0.717, 1.165) is 6.26 Å². The Morgan fingerprint density at radius 1 is 1.32 bits per heavy atom. The molecule has 0 bridgehead atoms. The summed E-state index contributed by atoms with van der Waals surface area (Å²) in [6.07, 6.45) is 1.08. The Bertz CT molecular complexity index is 615. The van der Waals surface area contributed by atoms with Crippen LogP contribution in [-0.2, 0) is 9.84 Å². The quantitative estimate of drug-likeness (QED) is 0.864. The third-order valence-electron chi connectivity index (χ3n) is 2.10. The fourth-order valence-electron chi connectivity index (χ4n) is 1.40. The molecule has 0 saturated heterocycles. The van der Waals surface area contributed by atoms with E-state index in [-0.39, 0.29) is 25.1 Å². The molecule has 7 heteroatoms. The first-order valence-corrected chi connectivity index (χ1v) is 8.47. The molecule has 0 fully saturated rings. The zero-order valence-electron chi connectivity index (χ0n) is 11.0. The summed E-state index contributed by atoms with van der Waals surface area (Å²) in [5, 5.41) is 9.01. The maximum atomic E-state index is 11.8. The van der Waals surface area contributed by atoms with E-state index in [9.17, 15) is 13.2 Å². The Kier molecular flexibility index (Phi) is 4.59. The van der Waals surface area contributed by atoms with Crippen molar-refractivity contribution in [1.82, 2.24) is 0 Å². The molecule has 19 heavy (non-hydrogen) atoms. The van der Waals surface area contributed by atoms with Gasteiger partial charge in [-0.1, -0.05) is 32.4 Å². The van der Waals surface area contributed by atoms with Gasteiger partial charge in [-0.3, -0.25) is 0 Å². The van der Waals surface area contributed by atoms with Crippen LogP contribution in [0.25, 0.3) is 0 Å². The number of carboxylic acid groups (broad SMARTS) is 1. The number of hydrogen-bond donors (Lipinski definition) is 1. The van der Waals surface area contributed by atoms with E-state index in [2.05, 4.69) is 0 Å². The van der Waals surface area contributed by atoms with Crippen LogP contribution in [0.1, 0.15) is 31.1 Å². The number of hydrogen-bond acceptors (Lipinski definition) is 4. The van der Waals surface area contributed by atoms with Crippen molar-refractivity contribution in [1.29, 1.82) is 0 Å². The van der Waals surface area contributed by atoms with Crippen molar-refractivity contribution >= 4 is 39.2 Å². The van der Waals surface area contributed by atoms with Gasteiger partial charge in [0.2, 0.25) is 0 Å². The number of halogens is 1. The zero-order valence-corrected chi connectivity index (χ0v) is 13.4. The molecule has 1 rings (SSSR count). The molecule has 4 nitrogen and oxygen atoms in total. The third kappa shape index (κ3) is 4.12. The third-order valence-corrected chi connectivity index (χ3v) is 5.11. The monoisotopic (exact) mass is 322 g/mol. The highest BCUT2D eigenvalue weighted by Crippen LogP contribution is 2.42. The molecule has 106 valence electrons. The molecule has 1 aromatic carbocycles. The predicted octanol–water partition coefficient (Wildman–Crippen LogP) is 3.33. The topological polar surface area (TPSA) is 71.4 Å². The summed E-state index contributed by atoms with van der Waals surface area (Å²) in [5.41, 5.74) is -0.0965. The first-order chi connectivity index (χ1) is 8.43. The Balaban J connectivity index is 3.60. The Morgan fingerprint density at radius 2 is 1.84 bits per heavy atom. The lowest BCUT2D eigenvalue weighted by Gasteiger charge is -2.21. The van der Waals surface area contributed by atoms with Crippen molar-refractivity contribution in [2.45, 2.75) is 35.3 Å². The molecule has 0 atom stereocenters. The van der Waals surface area contributed by atoms with Gasteiger partial charge in [-0.05, 0) is 12.1 Å². The Labute approximate surface area is 122 Å². The van der Waals surface area contributed by atoms with Gasteiger partial charge >= 0.3 is 5.97 Å². The number of aromatic carboxylic acids is 1. The van der Waals surface area contributed by atoms with E-state index in [1.807, 2.05) is 20.8 Å². The van der Waals surface area contributed by atoms with Crippen LogP contribution >= 0.6 is 23.4 Å². The molecular weight excluding hydrogens is 308 g/mol. The van der Waals surface area contributed by atoms with Crippen molar-refractivity contribution in [2.24, 2.45) is 0 Å². The van der Waals surface area contributed by atoms with Crippen LogP contribution in [0, 0.1) is 0 Å². The van der Waals surface area contributed by atoms with Crippen LogP contribution < -0.4 is 0 Å². The minimum absolute atomic E-state index is 0.0321. The summed E-state index contributed by atoms with van der Waals surface area (Å²) in [4.78, 5) is 11.4. The van der Waals surface area contributed by atoms with Crippen LogP contribution in [0.4, 0.5) is 0 Å². The molecule has 1 aromatic rings. The number of benzene rings is 1. The molecule has 0 aliphatic heterocycles. The highest BCUT2D eigenvalue weighted by Gasteiger charge is 2.25. The van der Waals surface area contributed by atoms with Gasteiger partial charge in [0, 0.05) is 15.9 Å². The fourth-order valence-corrected chi connectivity index (χ4v) is 4.13. The van der Waals surface area contributed by atoms with Crippen molar-refractivity contribution in [3.05, 3.63) is 22.7 Å². The first-order valence-electron chi connectivity index (χ1n) is 5.38. The molecule has 0 radical (unpaired) electrons. The van der Waals surface area contributed by atoms with Crippen LogP contribution in [0.3, 0.4) is 0 Å². The summed E-state index contributed by atoms with van der Waals surface area (Å²) < 4.78 is 23.2. The summed E-state index contributed by atoms with van der Waals surface area (Å²) in [6.45, 7) is 5.69. The van der Waals surface area contributed by atoms with E-state index in [1.165, 1.54) is 23.9 Å². The predicted molar refractivity (Wildman–Crippen MR) is 77.1 cm³/mol. The number of carbonyl (C=O) groups is 1. The zero-order chi connectivity index (χ0) is 15.0. The van der Waals surface area contributed by atoms with Crippen molar-refractivity contribution in [3.8, 4) is 0 Å². The molecule has 0 heterocycles. The van der Waals surface area contributed by atoms with Crippen molar-refractivity contribution in [3.63, 3.8) is 0 Å². The van der Waals surface area contributed by atoms with Gasteiger partial charge in [0.25, 0.3) is 0 Å². The summed E-state index contributed by atoms with van der Waals surface area (Å²) in [5.74, 6) is -1.18. The highest BCUT2D eigenvalue weighted by molar-refractivity contribution is 8.01. The molecule has 0 spiro atoms. The number of rotatable bonds is 3. The van der Waals surface area contributed by atoms with Gasteiger partial charge < -0.3 is 5.11 Å². The van der Waals surface area contributed by atoms with Gasteiger partial charge in [-0.15, -0.1) is 11.8 Å². The molecule has 0 saturated carbocycles. The van der Waals surface area contributed by atoms with Crippen LogP contribution in [0.15, 0.2) is 21.9 Å². The maximum absolute atomic E-state index is 11.8. The molecule has 0 amide bonds. The Morgan fingerprint density at radius 3 is 2.21 bits per heavy atom. The van der Waals surface area contributed by atoms with Gasteiger partial charge in [0.15, 0.2) is 9.84 Å². The van der Waals surface area contributed by atoms with Crippen LogP contribution in [0.5, 0.6) is 0 Å². The summed E-state index contributed by atoms with van der Waals surface area (Å²) in [6, 6.07) is 2.51. The molecule has 1 N–H and O–H groups in total. The average molecular weight is 323 g/mol. The van der Waals surface area contributed by atoms with E-state index >= 15 is 0 Å². The SMILES string of the molecule is CC(C)(C)Sc1c(S(C)(=O)=O)ccc(C(=O)O)c1Cl. The number of thioether (sulfide) groups is 1. The van der Waals surface area contributed by atoms with Gasteiger partial charge in [-0.25, -0.2) is 13.2 Å². The second kappa shape index (κ2) is 5.34. The number of carboxylic acids is 1. The fraction of sp³-hybridized carbons (Fsp3) is 0.417. The van der Waals surface area contributed by atoms with Crippen LogP contribution in [0.2, 0.25) is 5.02 Å². The first kappa shape index (κ1) is 16.3. The lowest BCUT2D eigenvalue weighted by molar-refractivity contribution is 0.0696.